The molecule has 0 bridgehead atoms. The molecule has 1 aromatic carbocycles. The molecule has 1 aliphatic rings. The summed E-state index contributed by atoms with van der Waals surface area (Å²) in [4.78, 5) is 0. The normalized spacial score (nSPS) is 18.1. The lowest BCUT2D eigenvalue weighted by atomic mass is 9.83. The topological polar surface area (TPSA) is 26.0 Å². The first-order chi connectivity index (χ1) is 8.70. The highest BCUT2D eigenvalue weighted by Gasteiger charge is 2.17. The zero-order chi connectivity index (χ0) is 13.0. The number of hydrogen-bond acceptors (Lipinski definition) is 1. The molecule has 2 N–H and O–H groups in total. The van der Waals surface area contributed by atoms with Crippen molar-refractivity contribution in [1.82, 2.24) is 0 Å². The highest BCUT2D eigenvalue weighted by Crippen LogP contribution is 2.31. The van der Waals surface area contributed by atoms with Gasteiger partial charge < -0.3 is 5.73 Å². The second kappa shape index (κ2) is 6.53. The maximum Gasteiger partial charge on any atom is 0.0250 e. The van der Waals surface area contributed by atoms with Crippen LogP contribution in [-0.2, 0) is 0 Å². The molecule has 0 unspecified atom stereocenters. The fourth-order valence-corrected chi connectivity index (χ4v) is 3.37. The summed E-state index contributed by atoms with van der Waals surface area (Å²) in [5.74, 6) is 0.706. The maximum atomic E-state index is 5.95. The van der Waals surface area contributed by atoms with Crippen LogP contribution < -0.4 is 5.73 Å². The Balaban J connectivity index is 2.22. The van der Waals surface area contributed by atoms with Gasteiger partial charge in [-0.15, -0.1) is 0 Å². The average molecular weight is 308 g/mol. The second-order valence-electron chi connectivity index (χ2n) is 5.28. The van der Waals surface area contributed by atoms with Gasteiger partial charge in [0, 0.05) is 11.0 Å². The van der Waals surface area contributed by atoms with Gasteiger partial charge >= 0.3 is 0 Å². The molecule has 1 aliphatic carbocycles. The Bertz CT molecular complexity index is 431. The maximum absolute atomic E-state index is 5.95. The summed E-state index contributed by atoms with van der Waals surface area (Å²) in [5, 5.41) is 0. The molecule has 1 saturated carbocycles. The molecule has 0 heterocycles. The Kier molecular flexibility index (Phi) is 5.02. The number of rotatable bonds is 3. The Morgan fingerprint density at radius 2 is 2.06 bits per heavy atom. The summed E-state index contributed by atoms with van der Waals surface area (Å²) < 4.78 is 1.17. The molecular formula is C16H22BrN. The average Bonchev–Trinajstić information content (AvgIpc) is 2.39. The predicted octanol–water partition coefficient (Wildman–Crippen LogP) is 4.68. The molecule has 0 saturated heterocycles. The molecule has 1 nitrogen and oxygen atoms in total. The first kappa shape index (κ1) is 13.8. The predicted molar refractivity (Wildman–Crippen MR) is 82.5 cm³/mol. The summed E-state index contributed by atoms with van der Waals surface area (Å²) in [6.07, 6.45) is 9.02. The van der Waals surface area contributed by atoms with Gasteiger partial charge in [-0.3, -0.25) is 0 Å². The van der Waals surface area contributed by atoms with E-state index in [1.807, 2.05) is 0 Å². The summed E-state index contributed by atoms with van der Waals surface area (Å²) in [6, 6.07) is 6.50. The SMILES string of the molecule is Cc1ccc(/C=C(/CN)C2CCCCC2)c(Br)c1. The molecule has 0 amide bonds. The minimum absolute atomic E-state index is 0.685. The first-order valence-electron chi connectivity index (χ1n) is 6.87. The van der Waals surface area contributed by atoms with Gasteiger partial charge in [0.15, 0.2) is 0 Å². The highest BCUT2D eigenvalue weighted by atomic mass is 79.9. The van der Waals surface area contributed by atoms with Crippen LogP contribution >= 0.6 is 15.9 Å². The van der Waals surface area contributed by atoms with Crippen LogP contribution in [0.3, 0.4) is 0 Å². The number of benzene rings is 1. The number of aryl methyl sites for hydroxylation is 1. The lowest BCUT2D eigenvalue weighted by Crippen LogP contribution is -2.16. The van der Waals surface area contributed by atoms with E-state index in [2.05, 4.69) is 47.1 Å². The fourth-order valence-electron chi connectivity index (χ4n) is 2.77. The Labute approximate surface area is 119 Å². The van der Waals surface area contributed by atoms with Crippen molar-refractivity contribution in [1.29, 1.82) is 0 Å². The Morgan fingerprint density at radius 3 is 2.67 bits per heavy atom. The van der Waals surface area contributed by atoms with Gasteiger partial charge in [-0.25, -0.2) is 0 Å². The van der Waals surface area contributed by atoms with Crippen molar-refractivity contribution in [3.8, 4) is 0 Å². The van der Waals surface area contributed by atoms with Gasteiger partial charge in [0.2, 0.25) is 0 Å². The minimum Gasteiger partial charge on any atom is -0.327 e. The van der Waals surface area contributed by atoms with Gasteiger partial charge in [0.25, 0.3) is 0 Å². The van der Waals surface area contributed by atoms with Gasteiger partial charge in [-0.1, -0.05) is 59.0 Å². The van der Waals surface area contributed by atoms with Crippen LogP contribution in [0.5, 0.6) is 0 Å². The van der Waals surface area contributed by atoms with Crippen LogP contribution in [0.1, 0.15) is 43.2 Å². The number of hydrogen-bond donors (Lipinski definition) is 1. The van der Waals surface area contributed by atoms with Gasteiger partial charge in [-0.2, -0.15) is 0 Å². The third kappa shape index (κ3) is 3.46. The molecule has 0 aliphatic heterocycles. The van der Waals surface area contributed by atoms with Gasteiger partial charge in [0.05, 0.1) is 0 Å². The minimum atomic E-state index is 0.685. The van der Waals surface area contributed by atoms with E-state index in [1.54, 1.807) is 0 Å². The summed E-state index contributed by atoms with van der Waals surface area (Å²) in [5.41, 5.74) is 9.90. The van der Waals surface area contributed by atoms with Gasteiger partial charge in [0.1, 0.15) is 0 Å². The lowest BCUT2D eigenvalue weighted by Gasteiger charge is -2.24. The van der Waals surface area contributed by atoms with E-state index in [1.165, 1.54) is 53.3 Å². The smallest absolute Gasteiger partial charge is 0.0250 e. The van der Waals surface area contributed by atoms with Crippen molar-refractivity contribution in [2.75, 3.05) is 6.54 Å². The van der Waals surface area contributed by atoms with Crippen molar-refractivity contribution in [3.63, 3.8) is 0 Å². The quantitative estimate of drug-likeness (QED) is 0.862. The van der Waals surface area contributed by atoms with Crippen LogP contribution in [0.4, 0.5) is 0 Å². The standard InChI is InChI=1S/C16H22BrN/c1-12-7-8-14(16(17)9-12)10-15(11-18)13-5-3-2-4-6-13/h7-10,13H,2-6,11,18H2,1H3/b15-10-. The van der Waals surface area contributed by atoms with Crippen molar-refractivity contribution >= 4 is 22.0 Å². The Morgan fingerprint density at radius 1 is 1.33 bits per heavy atom. The molecule has 0 aromatic heterocycles. The van der Waals surface area contributed by atoms with Crippen LogP contribution in [0, 0.1) is 12.8 Å². The monoisotopic (exact) mass is 307 g/mol. The van der Waals surface area contributed by atoms with Crippen LogP contribution in [-0.4, -0.2) is 6.54 Å². The fraction of sp³-hybridized carbons (Fsp3) is 0.500. The van der Waals surface area contributed by atoms with E-state index < -0.39 is 0 Å². The summed E-state index contributed by atoms with van der Waals surface area (Å²) in [6.45, 7) is 2.80. The van der Waals surface area contributed by atoms with Crippen molar-refractivity contribution in [2.24, 2.45) is 11.7 Å². The van der Waals surface area contributed by atoms with Crippen LogP contribution in [0.25, 0.3) is 6.08 Å². The highest BCUT2D eigenvalue weighted by molar-refractivity contribution is 9.10. The zero-order valence-electron chi connectivity index (χ0n) is 11.1. The van der Waals surface area contributed by atoms with E-state index in [0.29, 0.717) is 12.5 Å². The van der Waals surface area contributed by atoms with E-state index in [9.17, 15) is 0 Å². The second-order valence-corrected chi connectivity index (χ2v) is 6.14. The molecule has 2 heteroatoms. The molecule has 1 fully saturated rings. The van der Waals surface area contributed by atoms with E-state index in [0.717, 1.165) is 0 Å². The first-order valence-corrected chi connectivity index (χ1v) is 7.66. The third-order valence-corrected chi connectivity index (χ3v) is 4.55. The lowest BCUT2D eigenvalue weighted by molar-refractivity contribution is 0.401. The molecular weight excluding hydrogens is 286 g/mol. The number of nitrogens with two attached hydrogens (primary N) is 1. The van der Waals surface area contributed by atoms with E-state index >= 15 is 0 Å². The van der Waals surface area contributed by atoms with Crippen LogP contribution in [0.2, 0.25) is 0 Å². The van der Waals surface area contributed by atoms with E-state index in [4.69, 9.17) is 5.73 Å². The van der Waals surface area contributed by atoms with E-state index in [-0.39, 0.29) is 0 Å². The molecule has 2 rings (SSSR count). The van der Waals surface area contributed by atoms with Crippen molar-refractivity contribution < 1.29 is 0 Å². The third-order valence-electron chi connectivity index (χ3n) is 3.86. The largest absolute Gasteiger partial charge is 0.327 e. The van der Waals surface area contributed by atoms with Crippen LogP contribution in [0.15, 0.2) is 28.2 Å². The molecule has 18 heavy (non-hydrogen) atoms. The van der Waals surface area contributed by atoms with Crippen molar-refractivity contribution in [3.05, 3.63) is 39.4 Å². The molecule has 98 valence electrons. The van der Waals surface area contributed by atoms with Crippen molar-refractivity contribution in [2.45, 2.75) is 39.0 Å². The molecule has 0 atom stereocenters. The summed E-state index contributed by atoms with van der Waals surface area (Å²) in [7, 11) is 0. The molecule has 0 radical (unpaired) electrons. The zero-order valence-corrected chi connectivity index (χ0v) is 12.7. The van der Waals surface area contributed by atoms with Gasteiger partial charge in [-0.05, 0) is 42.9 Å². The number of halogens is 1. The molecule has 0 spiro atoms. The Hall–Kier alpha value is -0.600. The molecule has 1 aromatic rings. The summed E-state index contributed by atoms with van der Waals surface area (Å²) >= 11 is 3.64.